The summed E-state index contributed by atoms with van der Waals surface area (Å²) in [4.78, 5) is 11.6. The first-order chi connectivity index (χ1) is 6.47. The van der Waals surface area contributed by atoms with Gasteiger partial charge in [-0.2, -0.15) is 0 Å². The van der Waals surface area contributed by atoms with E-state index in [1.54, 1.807) is 0 Å². The summed E-state index contributed by atoms with van der Waals surface area (Å²) in [5.41, 5.74) is 4.35. The van der Waals surface area contributed by atoms with Crippen LogP contribution in [0.2, 0.25) is 19.6 Å². The van der Waals surface area contributed by atoms with Crippen LogP contribution in [0.1, 0.15) is 12.8 Å². The number of hydrogen-bond donors (Lipinski definition) is 0. The van der Waals surface area contributed by atoms with Crippen LogP contribution in [-0.4, -0.2) is 20.5 Å². The molecule has 2 nitrogen and oxygen atoms in total. The van der Waals surface area contributed by atoms with Crippen LogP contribution in [0.15, 0.2) is 22.6 Å². The van der Waals surface area contributed by atoms with Crippen LogP contribution >= 0.6 is 0 Å². The standard InChI is InChI=1S/C11H16O2Si/c1-14(2,3)7-8-6-13-10-5-4-9(12)11(8)10/h7H,4-6H2,1-3H3/b8-7+. The van der Waals surface area contributed by atoms with Gasteiger partial charge in [0, 0.05) is 12.8 Å². The average molecular weight is 208 g/mol. The van der Waals surface area contributed by atoms with E-state index in [9.17, 15) is 4.79 Å². The predicted octanol–water partition coefficient (Wildman–Crippen LogP) is 2.44. The van der Waals surface area contributed by atoms with Crippen LogP contribution in [0.5, 0.6) is 0 Å². The smallest absolute Gasteiger partial charge is 0.167 e. The van der Waals surface area contributed by atoms with Crippen molar-refractivity contribution in [3.05, 3.63) is 22.6 Å². The third kappa shape index (κ3) is 1.69. The van der Waals surface area contributed by atoms with E-state index in [0.717, 1.165) is 23.3 Å². The normalized spacial score (nSPS) is 24.5. The van der Waals surface area contributed by atoms with Crippen molar-refractivity contribution in [2.45, 2.75) is 32.5 Å². The molecule has 2 aliphatic rings. The zero-order valence-electron chi connectivity index (χ0n) is 9.02. The molecule has 0 bridgehead atoms. The maximum Gasteiger partial charge on any atom is 0.167 e. The second-order valence-corrected chi connectivity index (χ2v) is 10.1. The Morgan fingerprint density at radius 3 is 2.64 bits per heavy atom. The van der Waals surface area contributed by atoms with Gasteiger partial charge in [-0.1, -0.05) is 25.3 Å². The minimum atomic E-state index is -1.24. The lowest BCUT2D eigenvalue weighted by atomic mass is 10.1. The molecule has 0 radical (unpaired) electrons. The zero-order valence-corrected chi connectivity index (χ0v) is 10.0. The molecule has 0 unspecified atom stereocenters. The van der Waals surface area contributed by atoms with Gasteiger partial charge in [0.2, 0.25) is 0 Å². The molecule has 76 valence electrons. The van der Waals surface area contributed by atoms with Crippen LogP contribution in [0.4, 0.5) is 0 Å². The second-order valence-electron chi connectivity index (χ2n) is 5.05. The number of carbonyl (C=O) groups is 1. The molecule has 0 saturated carbocycles. The maximum absolute atomic E-state index is 11.6. The van der Waals surface area contributed by atoms with Crippen LogP contribution in [0.25, 0.3) is 0 Å². The van der Waals surface area contributed by atoms with Crippen LogP contribution in [0, 0.1) is 0 Å². The first-order valence-electron chi connectivity index (χ1n) is 5.08. The van der Waals surface area contributed by atoms with E-state index in [0.29, 0.717) is 13.0 Å². The van der Waals surface area contributed by atoms with E-state index >= 15 is 0 Å². The average Bonchev–Trinajstić information content (AvgIpc) is 2.54. The number of hydrogen-bond acceptors (Lipinski definition) is 2. The Hall–Kier alpha value is -0.833. The van der Waals surface area contributed by atoms with Gasteiger partial charge in [0.25, 0.3) is 0 Å². The third-order valence-electron chi connectivity index (χ3n) is 2.47. The van der Waals surface area contributed by atoms with Crippen molar-refractivity contribution >= 4 is 13.9 Å². The first kappa shape index (κ1) is 9.71. The molecule has 0 spiro atoms. The Labute approximate surface area is 85.7 Å². The van der Waals surface area contributed by atoms with Gasteiger partial charge in [-0.15, -0.1) is 0 Å². The molecule has 1 heterocycles. The lowest BCUT2D eigenvalue weighted by molar-refractivity contribution is -0.114. The highest BCUT2D eigenvalue weighted by molar-refractivity contribution is 6.81. The number of rotatable bonds is 1. The van der Waals surface area contributed by atoms with E-state index in [4.69, 9.17) is 4.74 Å². The van der Waals surface area contributed by atoms with Gasteiger partial charge in [0.15, 0.2) is 5.78 Å². The van der Waals surface area contributed by atoms with Gasteiger partial charge >= 0.3 is 0 Å². The number of allylic oxidation sites excluding steroid dienone is 1. The molecule has 0 saturated heterocycles. The fraction of sp³-hybridized carbons (Fsp3) is 0.545. The summed E-state index contributed by atoms with van der Waals surface area (Å²) in [6, 6.07) is 0. The summed E-state index contributed by atoms with van der Waals surface area (Å²) < 4.78 is 5.52. The van der Waals surface area contributed by atoms with Crippen molar-refractivity contribution in [2.24, 2.45) is 0 Å². The van der Waals surface area contributed by atoms with Crippen molar-refractivity contribution in [1.82, 2.24) is 0 Å². The van der Waals surface area contributed by atoms with E-state index < -0.39 is 8.07 Å². The molecule has 0 amide bonds. The molecule has 0 atom stereocenters. The molecule has 0 fully saturated rings. The fourth-order valence-electron chi connectivity index (χ4n) is 2.01. The summed E-state index contributed by atoms with van der Waals surface area (Å²) in [6.45, 7) is 7.45. The number of Topliss-reactive ketones (excluding diaryl/α,β-unsaturated/α-hetero) is 1. The lowest BCUT2D eigenvalue weighted by Crippen LogP contribution is -2.18. The second kappa shape index (κ2) is 3.09. The number of ketones is 1. The van der Waals surface area contributed by atoms with E-state index in [1.165, 1.54) is 0 Å². The van der Waals surface area contributed by atoms with Gasteiger partial charge in [0.05, 0.1) is 13.6 Å². The SMILES string of the molecule is C[Si](C)(C)/C=C1\COC2=C1C(=O)CC2. The molecular weight excluding hydrogens is 192 g/mol. The monoisotopic (exact) mass is 208 g/mol. The maximum atomic E-state index is 11.6. The van der Waals surface area contributed by atoms with Crippen molar-refractivity contribution in [1.29, 1.82) is 0 Å². The topological polar surface area (TPSA) is 26.3 Å². The number of ether oxygens (including phenoxy) is 1. The highest BCUT2D eigenvalue weighted by atomic mass is 28.3. The molecule has 14 heavy (non-hydrogen) atoms. The first-order valence-corrected chi connectivity index (χ1v) is 8.66. The highest BCUT2D eigenvalue weighted by Crippen LogP contribution is 2.35. The highest BCUT2D eigenvalue weighted by Gasteiger charge is 2.33. The molecule has 0 aromatic carbocycles. The van der Waals surface area contributed by atoms with Gasteiger partial charge < -0.3 is 4.74 Å². The Morgan fingerprint density at radius 2 is 2.00 bits per heavy atom. The Kier molecular flexibility index (Phi) is 2.14. The predicted molar refractivity (Wildman–Crippen MR) is 58.6 cm³/mol. The summed E-state index contributed by atoms with van der Waals surface area (Å²) in [5, 5.41) is 0. The molecule has 1 aliphatic heterocycles. The minimum absolute atomic E-state index is 0.280. The van der Waals surface area contributed by atoms with Crippen molar-refractivity contribution in [2.75, 3.05) is 6.61 Å². The van der Waals surface area contributed by atoms with E-state index in [-0.39, 0.29) is 5.78 Å². The van der Waals surface area contributed by atoms with E-state index in [2.05, 4.69) is 25.3 Å². The zero-order chi connectivity index (χ0) is 10.3. The van der Waals surface area contributed by atoms with Gasteiger partial charge in [-0.3, -0.25) is 4.79 Å². The molecule has 0 aromatic heterocycles. The molecular formula is C11H16O2Si. The third-order valence-corrected chi connectivity index (χ3v) is 3.68. The minimum Gasteiger partial charge on any atom is -0.492 e. The molecule has 1 aliphatic carbocycles. The quantitative estimate of drug-likeness (QED) is 0.619. The molecule has 0 aromatic rings. The number of carbonyl (C=O) groups excluding carboxylic acids is 1. The van der Waals surface area contributed by atoms with Gasteiger partial charge in [-0.05, 0) is 5.57 Å². The summed E-state index contributed by atoms with van der Waals surface area (Å²) in [7, 11) is -1.24. The van der Waals surface area contributed by atoms with Crippen LogP contribution in [-0.2, 0) is 9.53 Å². The summed E-state index contributed by atoms with van der Waals surface area (Å²) >= 11 is 0. The van der Waals surface area contributed by atoms with Crippen LogP contribution in [0.3, 0.4) is 0 Å². The van der Waals surface area contributed by atoms with E-state index in [1.807, 2.05) is 0 Å². The van der Waals surface area contributed by atoms with Crippen molar-refractivity contribution < 1.29 is 9.53 Å². The largest absolute Gasteiger partial charge is 0.492 e. The van der Waals surface area contributed by atoms with Gasteiger partial charge in [-0.25, -0.2) is 0 Å². The summed E-state index contributed by atoms with van der Waals surface area (Å²) in [6.07, 6.45) is 1.46. The summed E-state index contributed by atoms with van der Waals surface area (Å²) in [5.74, 6) is 1.22. The van der Waals surface area contributed by atoms with Crippen LogP contribution < -0.4 is 0 Å². The van der Waals surface area contributed by atoms with Gasteiger partial charge in [0.1, 0.15) is 12.4 Å². The van der Waals surface area contributed by atoms with Crippen molar-refractivity contribution in [3.63, 3.8) is 0 Å². The molecule has 0 N–H and O–H groups in total. The van der Waals surface area contributed by atoms with Crippen molar-refractivity contribution in [3.8, 4) is 0 Å². The lowest BCUT2D eigenvalue weighted by Gasteiger charge is -2.11. The molecule has 2 rings (SSSR count). The molecule has 3 heteroatoms. The fourth-order valence-corrected chi connectivity index (χ4v) is 3.28. The Morgan fingerprint density at radius 1 is 1.29 bits per heavy atom. The Balaban J connectivity index is 2.33. The Bertz CT molecular complexity index is 345.